The quantitative estimate of drug-likeness (QED) is 0.532. The van der Waals surface area contributed by atoms with Crippen LogP contribution < -0.4 is 0 Å². The summed E-state index contributed by atoms with van der Waals surface area (Å²) >= 11 is 5.20. The van der Waals surface area contributed by atoms with E-state index in [9.17, 15) is 0 Å². The lowest BCUT2D eigenvalue weighted by Gasteiger charge is -1.90. The highest BCUT2D eigenvalue weighted by atomic mass is 79.9. The average molecular weight is 318 g/mol. The summed E-state index contributed by atoms with van der Waals surface area (Å²) in [5, 5.41) is 10.7. The van der Waals surface area contributed by atoms with E-state index in [4.69, 9.17) is 0 Å². The Bertz CT molecular complexity index is 855. The molecule has 0 radical (unpaired) electrons. The van der Waals surface area contributed by atoms with E-state index in [0.717, 1.165) is 26.9 Å². The molecule has 0 amide bonds. The molecule has 4 aromatic rings. The first-order valence-electron chi connectivity index (χ1n) is 5.51. The fourth-order valence-electron chi connectivity index (χ4n) is 2.16. The normalized spacial score (nSPS) is 11.6. The van der Waals surface area contributed by atoms with Crippen molar-refractivity contribution < 1.29 is 0 Å². The lowest BCUT2D eigenvalue weighted by Crippen LogP contribution is -1.76. The second-order valence-electron chi connectivity index (χ2n) is 4.15. The number of benzene rings is 1. The van der Waals surface area contributed by atoms with Gasteiger partial charge in [-0.3, -0.25) is 5.10 Å². The van der Waals surface area contributed by atoms with Crippen LogP contribution in [0.25, 0.3) is 32.5 Å². The Morgan fingerprint density at radius 3 is 3.00 bits per heavy atom. The van der Waals surface area contributed by atoms with Gasteiger partial charge in [-0.05, 0) is 35.7 Å². The van der Waals surface area contributed by atoms with Crippen LogP contribution in [-0.2, 0) is 0 Å². The fraction of sp³-hybridized carbons (Fsp3) is 0. The van der Waals surface area contributed by atoms with Gasteiger partial charge in [0.1, 0.15) is 5.69 Å². The molecule has 3 aromatic heterocycles. The molecule has 3 nitrogen and oxygen atoms in total. The third-order valence-corrected chi connectivity index (χ3v) is 4.42. The maximum atomic E-state index is 4.39. The maximum Gasteiger partial charge on any atom is 0.126 e. The molecule has 0 aliphatic heterocycles. The molecule has 0 aliphatic rings. The molecular weight excluding hydrogens is 310 g/mol. The van der Waals surface area contributed by atoms with Gasteiger partial charge in [-0.25, -0.2) is 0 Å². The predicted octanol–water partition coefficient (Wildman–Crippen LogP) is 4.54. The van der Waals surface area contributed by atoms with Crippen LogP contribution in [0.15, 0.2) is 40.2 Å². The van der Waals surface area contributed by atoms with E-state index in [1.54, 1.807) is 11.3 Å². The Kier molecular flexibility index (Phi) is 2.13. The van der Waals surface area contributed by atoms with Gasteiger partial charge in [-0.1, -0.05) is 15.9 Å². The van der Waals surface area contributed by atoms with Crippen molar-refractivity contribution in [3.63, 3.8) is 0 Å². The zero-order valence-electron chi connectivity index (χ0n) is 9.20. The van der Waals surface area contributed by atoms with Crippen molar-refractivity contribution >= 4 is 48.4 Å². The summed E-state index contributed by atoms with van der Waals surface area (Å²) < 4.78 is 2.28. The van der Waals surface area contributed by atoms with Crippen LogP contribution in [0.5, 0.6) is 0 Å². The summed E-state index contributed by atoms with van der Waals surface area (Å²) in [5.74, 6) is 0. The minimum Gasteiger partial charge on any atom is -0.353 e. The average Bonchev–Trinajstić information content (AvgIpc) is 3.00. The monoisotopic (exact) mass is 317 g/mol. The van der Waals surface area contributed by atoms with E-state index in [1.165, 1.54) is 10.1 Å². The smallest absolute Gasteiger partial charge is 0.126 e. The molecule has 0 saturated heterocycles. The molecular formula is C13H8BrN3S. The number of thiophene rings is 1. The number of hydrogen-bond acceptors (Lipinski definition) is 2. The van der Waals surface area contributed by atoms with Crippen molar-refractivity contribution in [3.05, 3.63) is 40.2 Å². The lowest BCUT2D eigenvalue weighted by atomic mass is 10.2. The number of H-pyrrole nitrogens is 2. The standard InChI is InChI=1S/C13H8BrN3S/c14-8-1-2-9-7(5-8)6-11(15-9)12-13-10(16-17-12)3-4-18-13/h1-6,15H,(H,16,17). The molecule has 1 aromatic carbocycles. The Balaban J connectivity index is 1.99. The van der Waals surface area contributed by atoms with Crippen molar-refractivity contribution in [2.24, 2.45) is 0 Å². The summed E-state index contributed by atoms with van der Waals surface area (Å²) in [6.45, 7) is 0. The van der Waals surface area contributed by atoms with Crippen LogP contribution >= 0.6 is 27.3 Å². The van der Waals surface area contributed by atoms with Crippen molar-refractivity contribution in [1.29, 1.82) is 0 Å². The van der Waals surface area contributed by atoms with Crippen LogP contribution in [0, 0.1) is 0 Å². The van der Waals surface area contributed by atoms with Crippen molar-refractivity contribution in [2.45, 2.75) is 0 Å². The van der Waals surface area contributed by atoms with Gasteiger partial charge in [0.2, 0.25) is 0 Å². The highest BCUT2D eigenvalue weighted by molar-refractivity contribution is 9.10. The Labute approximate surface area is 115 Å². The molecule has 2 N–H and O–H groups in total. The molecule has 0 atom stereocenters. The molecule has 0 saturated carbocycles. The molecule has 0 aliphatic carbocycles. The van der Waals surface area contributed by atoms with Crippen LogP contribution in [0.1, 0.15) is 0 Å². The highest BCUT2D eigenvalue weighted by Gasteiger charge is 2.11. The van der Waals surface area contributed by atoms with Crippen molar-refractivity contribution in [1.82, 2.24) is 15.2 Å². The van der Waals surface area contributed by atoms with Gasteiger partial charge in [0, 0.05) is 15.4 Å². The van der Waals surface area contributed by atoms with E-state index in [-0.39, 0.29) is 0 Å². The minimum atomic E-state index is 0.993. The van der Waals surface area contributed by atoms with Gasteiger partial charge in [0.05, 0.1) is 15.9 Å². The van der Waals surface area contributed by atoms with Gasteiger partial charge in [-0.15, -0.1) is 11.3 Å². The SMILES string of the molecule is Brc1ccc2[nH]c(-c3n[nH]c4ccsc34)cc2c1. The molecule has 4 rings (SSSR count). The minimum absolute atomic E-state index is 0.993. The third kappa shape index (κ3) is 1.44. The zero-order chi connectivity index (χ0) is 12.1. The fourth-order valence-corrected chi connectivity index (χ4v) is 3.39. The first-order chi connectivity index (χ1) is 8.81. The molecule has 0 unspecified atom stereocenters. The van der Waals surface area contributed by atoms with E-state index in [1.807, 2.05) is 6.07 Å². The second kappa shape index (κ2) is 3.70. The number of nitrogens with zero attached hydrogens (tertiary/aromatic N) is 1. The summed E-state index contributed by atoms with van der Waals surface area (Å²) in [4.78, 5) is 3.41. The van der Waals surface area contributed by atoms with Gasteiger partial charge in [0.15, 0.2) is 0 Å². The third-order valence-electron chi connectivity index (χ3n) is 3.01. The van der Waals surface area contributed by atoms with Gasteiger partial charge >= 0.3 is 0 Å². The van der Waals surface area contributed by atoms with Crippen molar-refractivity contribution in [3.8, 4) is 11.4 Å². The molecule has 0 bridgehead atoms. The first kappa shape index (κ1) is 10.3. The number of rotatable bonds is 1. The number of hydrogen-bond donors (Lipinski definition) is 2. The van der Waals surface area contributed by atoms with E-state index < -0.39 is 0 Å². The van der Waals surface area contributed by atoms with Gasteiger partial charge < -0.3 is 4.98 Å². The van der Waals surface area contributed by atoms with Crippen LogP contribution in [0.2, 0.25) is 0 Å². The molecule has 0 spiro atoms. The Morgan fingerprint density at radius 1 is 1.11 bits per heavy atom. The molecule has 0 fully saturated rings. The largest absolute Gasteiger partial charge is 0.353 e. The maximum absolute atomic E-state index is 4.39. The number of aromatic amines is 2. The topological polar surface area (TPSA) is 44.5 Å². The van der Waals surface area contributed by atoms with Crippen LogP contribution in [-0.4, -0.2) is 15.2 Å². The summed E-state index contributed by atoms with van der Waals surface area (Å²) in [5.41, 5.74) is 4.26. The van der Waals surface area contributed by atoms with Crippen LogP contribution in [0.4, 0.5) is 0 Å². The summed E-state index contributed by atoms with van der Waals surface area (Å²) in [6.07, 6.45) is 0. The summed E-state index contributed by atoms with van der Waals surface area (Å²) in [6, 6.07) is 10.4. The van der Waals surface area contributed by atoms with E-state index in [0.29, 0.717) is 0 Å². The number of aromatic nitrogens is 3. The Morgan fingerprint density at radius 2 is 2.06 bits per heavy atom. The molecule has 5 heteroatoms. The first-order valence-corrected chi connectivity index (χ1v) is 7.19. The molecule has 3 heterocycles. The second-order valence-corrected chi connectivity index (χ2v) is 5.98. The zero-order valence-corrected chi connectivity index (χ0v) is 11.6. The van der Waals surface area contributed by atoms with Gasteiger partial charge in [-0.2, -0.15) is 5.10 Å². The summed E-state index contributed by atoms with van der Waals surface area (Å²) in [7, 11) is 0. The Hall–Kier alpha value is -1.59. The van der Waals surface area contributed by atoms with E-state index >= 15 is 0 Å². The number of fused-ring (bicyclic) bond motifs is 2. The van der Waals surface area contributed by atoms with Crippen LogP contribution in [0.3, 0.4) is 0 Å². The number of nitrogens with one attached hydrogen (secondary N) is 2. The number of halogens is 1. The molecule has 88 valence electrons. The van der Waals surface area contributed by atoms with Gasteiger partial charge in [0.25, 0.3) is 0 Å². The highest BCUT2D eigenvalue weighted by Crippen LogP contribution is 2.32. The lowest BCUT2D eigenvalue weighted by molar-refractivity contribution is 1.12. The predicted molar refractivity (Wildman–Crippen MR) is 79.0 cm³/mol. The van der Waals surface area contributed by atoms with E-state index in [2.05, 4.69) is 60.8 Å². The van der Waals surface area contributed by atoms with Crippen molar-refractivity contribution in [2.75, 3.05) is 0 Å². The molecule has 18 heavy (non-hydrogen) atoms.